The second-order valence-corrected chi connectivity index (χ2v) is 5.58. The fourth-order valence-corrected chi connectivity index (χ4v) is 2.64. The molecule has 0 unspecified atom stereocenters. The van der Waals surface area contributed by atoms with Gasteiger partial charge in [-0.25, -0.2) is 4.79 Å². The second-order valence-electron chi connectivity index (χ2n) is 5.58. The zero-order valence-electron chi connectivity index (χ0n) is 13.7. The van der Waals surface area contributed by atoms with Crippen LogP contribution in [0.25, 0.3) is 10.8 Å². The first-order chi connectivity index (χ1) is 12.1. The van der Waals surface area contributed by atoms with Crippen LogP contribution in [-0.2, 0) is 6.54 Å². The molecule has 25 heavy (non-hydrogen) atoms. The molecule has 0 radical (unpaired) electrons. The smallest absolute Gasteiger partial charge is 0.339 e. The van der Waals surface area contributed by atoms with Crippen LogP contribution in [0, 0.1) is 0 Å². The maximum Gasteiger partial charge on any atom is 0.339 e. The number of hydrogen-bond donors (Lipinski definition) is 2. The van der Waals surface area contributed by atoms with Crippen LogP contribution in [-0.4, -0.2) is 24.1 Å². The Morgan fingerprint density at radius 2 is 1.76 bits per heavy atom. The third-order valence-corrected chi connectivity index (χ3v) is 3.96. The van der Waals surface area contributed by atoms with Gasteiger partial charge < -0.3 is 15.2 Å². The molecular weight excluding hydrogens is 318 g/mol. The van der Waals surface area contributed by atoms with Crippen molar-refractivity contribution in [2.75, 3.05) is 7.11 Å². The van der Waals surface area contributed by atoms with Gasteiger partial charge in [-0.15, -0.1) is 0 Å². The van der Waals surface area contributed by atoms with Crippen LogP contribution < -0.4 is 10.1 Å². The van der Waals surface area contributed by atoms with E-state index in [0.717, 1.165) is 16.3 Å². The predicted octanol–water partition coefficient (Wildman–Crippen LogP) is 3.48. The van der Waals surface area contributed by atoms with Crippen LogP contribution in [0.2, 0.25) is 0 Å². The molecule has 3 aromatic carbocycles. The summed E-state index contributed by atoms with van der Waals surface area (Å²) in [5.74, 6) is -0.972. The zero-order valence-corrected chi connectivity index (χ0v) is 13.7. The number of nitrogens with one attached hydrogen (secondary N) is 1. The second kappa shape index (κ2) is 7.05. The summed E-state index contributed by atoms with van der Waals surface area (Å²) in [6.45, 7) is 0.280. The first-order valence-electron chi connectivity index (χ1n) is 7.75. The number of hydrogen-bond acceptors (Lipinski definition) is 3. The van der Waals surface area contributed by atoms with Crippen LogP contribution >= 0.6 is 0 Å². The summed E-state index contributed by atoms with van der Waals surface area (Å²) >= 11 is 0. The summed E-state index contributed by atoms with van der Waals surface area (Å²) in [6.07, 6.45) is 0. The van der Waals surface area contributed by atoms with Gasteiger partial charge in [0.15, 0.2) is 0 Å². The van der Waals surface area contributed by atoms with Crippen LogP contribution in [0.4, 0.5) is 0 Å². The first kappa shape index (κ1) is 16.5. The third kappa shape index (κ3) is 3.61. The van der Waals surface area contributed by atoms with Crippen LogP contribution in [0.3, 0.4) is 0 Å². The minimum absolute atomic E-state index is 0.0899. The maximum atomic E-state index is 12.4. The molecule has 0 heterocycles. The highest BCUT2D eigenvalue weighted by molar-refractivity contribution is 5.98. The lowest BCUT2D eigenvalue weighted by Crippen LogP contribution is -2.22. The van der Waals surface area contributed by atoms with Gasteiger partial charge in [0.25, 0.3) is 5.91 Å². The monoisotopic (exact) mass is 335 g/mol. The van der Waals surface area contributed by atoms with Crippen molar-refractivity contribution in [3.63, 3.8) is 0 Å². The summed E-state index contributed by atoms with van der Waals surface area (Å²) in [6, 6.07) is 18.1. The summed E-state index contributed by atoms with van der Waals surface area (Å²) in [5, 5.41) is 14.0. The van der Waals surface area contributed by atoms with E-state index in [2.05, 4.69) is 5.32 Å². The molecule has 2 N–H and O–H groups in total. The van der Waals surface area contributed by atoms with Crippen LogP contribution in [0.5, 0.6) is 5.75 Å². The van der Waals surface area contributed by atoms with Gasteiger partial charge in [0.2, 0.25) is 0 Å². The number of carboxylic acids is 1. The topological polar surface area (TPSA) is 75.6 Å². The highest BCUT2D eigenvalue weighted by Gasteiger charge is 2.12. The summed E-state index contributed by atoms with van der Waals surface area (Å²) in [4.78, 5) is 23.5. The zero-order chi connectivity index (χ0) is 17.8. The summed E-state index contributed by atoms with van der Waals surface area (Å²) in [5.41, 5.74) is 1.43. The highest BCUT2D eigenvalue weighted by atomic mass is 16.5. The molecule has 0 saturated heterocycles. The van der Waals surface area contributed by atoms with E-state index >= 15 is 0 Å². The molecule has 0 saturated carbocycles. The number of carbonyl (C=O) groups is 2. The van der Waals surface area contributed by atoms with Crippen molar-refractivity contribution in [3.05, 3.63) is 77.4 Å². The Morgan fingerprint density at radius 1 is 1.00 bits per heavy atom. The average Bonchev–Trinajstić information content (AvgIpc) is 2.65. The first-order valence-corrected chi connectivity index (χ1v) is 7.75. The quantitative estimate of drug-likeness (QED) is 0.748. The van der Waals surface area contributed by atoms with Crippen molar-refractivity contribution in [1.82, 2.24) is 5.32 Å². The van der Waals surface area contributed by atoms with E-state index in [1.807, 2.05) is 36.4 Å². The molecule has 1 amide bonds. The Labute approximate surface area is 144 Å². The van der Waals surface area contributed by atoms with E-state index in [0.29, 0.717) is 5.56 Å². The predicted molar refractivity (Wildman–Crippen MR) is 95.1 cm³/mol. The number of carbonyl (C=O) groups excluding carboxylic acids is 1. The number of fused-ring (bicyclic) bond motifs is 1. The van der Waals surface area contributed by atoms with Crippen molar-refractivity contribution in [1.29, 1.82) is 0 Å². The van der Waals surface area contributed by atoms with E-state index in [1.54, 1.807) is 18.2 Å². The van der Waals surface area contributed by atoms with Gasteiger partial charge in [-0.3, -0.25) is 4.79 Å². The highest BCUT2D eigenvalue weighted by Crippen LogP contribution is 2.20. The molecule has 0 atom stereocenters. The number of amides is 1. The van der Waals surface area contributed by atoms with E-state index in [1.165, 1.54) is 13.2 Å². The Bertz CT molecular complexity index is 949. The molecule has 126 valence electrons. The molecule has 0 aromatic heterocycles. The number of benzene rings is 3. The van der Waals surface area contributed by atoms with Crippen LogP contribution in [0.15, 0.2) is 60.7 Å². The van der Waals surface area contributed by atoms with E-state index in [4.69, 9.17) is 9.84 Å². The third-order valence-electron chi connectivity index (χ3n) is 3.96. The van der Waals surface area contributed by atoms with Crippen molar-refractivity contribution in [2.45, 2.75) is 6.54 Å². The largest absolute Gasteiger partial charge is 0.496 e. The summed E-state index contributed by atoms with van der Waals surface area (Å²) in [7, 11) is 1.42. The molecule has 0 spiro atoms. The number of rotatable bonds is 5. The number of ether oxygens (including phenoxy) is 1. The fourth-order valence-electron chi connectivity index (χ4n) is 2.64. The lowest BCUT2D eigenvalue weighted by Gasteiger charge is -2.09. The van der Waals surface area contributed by atoms with Gasteiger partial charge in [0.1, 0.15) is 11.3 Å². The Kier molecular flexibility index (Phi) is 4.66. The number of carboxylic acid groups (broad SMARTS) is 1. The average molecular weight is 335 g/mol. The van der Waals surface area contributed by atoms with Gasteiger partial charge in [-0.2, -0.15) is 0 Å². The number of methoxy groups -OCH3 is 1. The van der Waals surface area contributed by atoms with Gasteiger partial charge in [0, 0.05) is 12.1 Å². The van der Waals surface area contributed by atoms with Gasteiger partial charge in [-0.1, -0.05) is 36.4 Å². The Hall–Kier alpha value is -3.34. The molecule has 5 heteroatoms. The normalized spacial score (nSPS) is 10.4. The van der Waals surface area contributed by atoms with Crippen molar-refractivity contribution in [2.24, 2.45) is 0 Å². The minimum atomic E-state index is -1.05. The molecule has 0 aliphatic rings. The van der Waals surface area contributed by atoms with Gasteiger partial charge >= 0.3 is 5.97 Å². The molecule has 5 nitrogen and oxygen atoms in total. The molecular formula is C20H17NO4. The van der Waals surface area contributed by atoms with E-state index in [9.17, 15) is 9.59 Å². The lowest BCUT2D eigenvalue weighted by atomic mass is 10.1. The van der Waals surface area contributed by atoms with Crippen molar-refractivity contribution in [3.8, 4) is 5.75 Å². The fraction of sp³-hybridized carbons (Fsp3) is 0.100. The van der Waals surface area contributed by atoms with Gasteiger partial charge in [-0.05, 0) is 40.6 Å². The van der Waals surface area contributed by atoms with E-state index in [-0.39, 0.29) is 23.8 Å². The Morgan fingerprint density at radius 3 is 2.48 bits per heavy atom. The molecule has 0 aliphatic carbocycles. The molecule has 0 bridgehead atoms. The minimum Gasteiger partial charge on any atom is -0.496 e. The Balaban J connectivity index is 1.74. The SMILES string of the molecule is COc1cc(CNC(=O)c2ccc3ccccc3c2)ccc1C(=O)O. The van der Waals surface area contributed by atoms with Crippen LogP contribution in [0.1, 0.15) is 26.3 Å². The summed E-state index contributed by atoms with van der Waals surface area (Å²) < 4.78 is 5.09. The standard InChI is InChI=1S/C20H17NO4/c1-25-18-10-13(6-9-17(18)20(23)24)12-21-19(22)16-8-7-14-4-2-3-5-15(14)11-16/h2-11H,12H2,1H3,(H,21,22)(H,23,24). The maximum absolute atomic E-state index is 12.4. The molecule has 3 aromatic rings. The van der Waals surface area contributed by atoms with Crippen molar-refractivity contribution >= 4 is 22.6 Å². The molecule has 3 rings (SSSR count). The molecule has 0 aliphatic heterocycles. The van der Waals surface area contributed by atoms with E-state index < -0.39 is 5.97 Å². The van der Waals surface area contributed by atoms with Crippen molar-refractivity contribution < 1.29 is 19.4 Å². The molecule has 0 fully saturated rings. The van der Waals surface area contributed by atoms with Gasteiger partial charge in [0.05, 0.1) is 7.11 Å². The lowest BCUT2D eigenvalue weighted by molar-refractivity contribution is 0.0693. The number of aromatic carboxylic acids is 1.